The van der Waals surface area contributed by atoms with Crippen molar-refractivity contribution in [2.75, 3.05) is 4.31 Å². The highest BCUT2D eigenvalue weighted by molar-refractivity contribution is 7.92. The van der Waals surface area contributed by atoms with Gasteiger partial charge in [-0.2, -0.15) is 10.5 Å². The average Bonchev–Trinajstić information content (AvgIpc) is 3.03. The highest BCUT2D eigenvalue weighted by Gasteiger charge is 2.58. The Kier molecular flexibility index (Phi) is 5.03. The van der Waals surface area contributed by atoms with Crippen LogP contribution in [0, 0.1) is 41.3 Å². The lowest BCUT2D eigenvalue weighted by Gasteiger charge is -2.44. The van der Waals surface area contributed by atoms with Crippen molar-refractivity contribution in [3.8, 4) is 12.1 Å². The number of aryl methyl sites for hydroxylation is 1. The van der Waals surface area contributed by atoms with E-state index in [1.165, 1.54) is 22.5 Å². The molecule has 0 radical (unpaired) electrons. The first-order chi connectivity index (χ1) is 14.3. The van der Waals surface area contributed by atoms with Crippen LogP contribution in [0.25, 0.3) is 0 Å². The molecular formula is C23H22FN3O2S. The third kappa shape index (κ3) is 2.97. The zero-order valence-corrected chi connectivity index (χ0v) is 17.5. The minimum Gasteiger partial charge on any atom is -0.261 e. The van der Waals surface area contributed by atoms with E-state index in [1.54, 1.807) is 24.3 Å². The topological polar surface area (TPSA) is 85.0 Å². The highest BCUT2D eigenvalue weighted by Crippen LogP contribution is 2.57. The number of hydrogen-bond donors (Lipinski definition) is 0. The van der Waals surface area contributed by atoms with Gasteiger partial charge in [0.25, 0.3) is 10.0 Å². The van der Waals surface area contributed by atoms with Crippen molar-refractivity contribution in [2.45, 2.75) is 55.4 Å². The number of sulfonamides is 1. The first-order valence-corrected chi connectivity index (χ1v) is 11.5. The molecule has 0 aromatic heterocycles. The first kappa shape index (κ1) is 20.4. The Bertz CT molecular complexity index is 1160. The Morgan fingerprint density at radius 3 is 2.60 bits per heavy atom. The Morgan fingerprint density at radius 1 is 1.20 bits per heavy atom. The number of nitrogens with zero attached hydrogens (tertiary/aromatic N) is 3. The summed E-state index contributed by atoms with van der Waals surface area (Å²) in [6, 6.07) is 14.5. The SMILES string of the molecule is Cc1ccc(S(=O)(=O)N2c3ccc(F)cc3[C@]3(CCC#N)CCC[C@@H](C#N)[C@H]23)cc1. The summed E-state index contributed by atoms with van der Waals surface area (Å²) in [7, 11) is -3.98. The minimum atomic E-state index is -3.98. The molecule has 0 spiro atoms. The number of fused-ring (bicyclic) bond motifs is 3. The Labute approximate surface area is 176 Å². The molecule has 30 heavy (non-hydrogen) atoms. The second-order valence-electron chi connectivity index (χ2n) is 8.16. The average molecular weight is 424 g/mol. The van der Waals surface area contributed by atoms with Crippen LogP contribution in [-0.2, 0) is 15.4 Å². The molecule has 1 aliphatic heterocycles. The lowest BCUT2D eigenvalue weighted by Crippen LogP contribution is -2.53. The lowest BCUT2D eigenvalue weighted by molar-refractivity contribution is 0.216. The summed E-state index contributed by atoms with van der Waals surface area (Å²) in [5.41, 5.74) is 1.21. The van der Waals surface area contributed by atoms with E-state index in [4.69, 9.17) is 0 Å². The molecule has 1 aliphatic carbocycles. The lowest BCUT2D eigenvalue weighted by atomic mass is 9.62. The number of rotatable bonds is 4. The van der Waals surface area contributed by atoms with Gasteiger partial charge in [-0.15, -0.1) is 0 Å². The van der Waals surface area contributed by atoms with Gasteiger partial charge in [-0.3, -0.25) is 4.31 Å². The van der Waals surface area contributed by atoms with Crippen molar-refractivity contribution in [3.63, 3.8) is 0 Å². The van der Waals surface area contributed by atoms with Crippen molar-refractivity contribution in [1.29, 1.82) is 10.5 Å². The fourth-order valence-corrected chi connectivity index (χ4v) is 6.96. The first-order valence-electron chi connectivity index (χ1n) is 10.0. The van der Waals surface area contributed by atoms with Crippen LogP contribution in [0.3, 0.4) is 0 Å². The molecule has 1 saturated carbocycles. The molecule has 1 heterocycles. The minimum absolute atomic E-state index is 0.140. The van der Waals surface area contributed by atoms with Crippen molar-refractivity contribution >= 4 is 15.7 Å². The van der Waals surface area contributed by atoms with Gasteiger partial charge in [0.15, 0.2) is 0 Å². The van der Waals surface area contributed by atoms with Crippen LogP contribution in [-0.4, -0.2) is 14.5 Å². The van der Waals surface area contributed by atoms with Gasteiger partial charge < -0.3 is 0 Å². The summed E-state index contributed by atoms with van der Waals surface area (Å²) >= 11 is 0. The van der Waals surface area contributed by atoms with E-state index in [2.05, 4.69) is 12.1 Å². The van der Waals surface area contributed by atoms with Crippen LogP contribution in [0.1, 0.15) is 43.2 Å². The van der Waals surface area contributed by atoms with Crippen LogP contribution in [0.4, 0.5) is 10.1 Å². The molecule has 0 amide bonds. The molecule has 7 heteroatoms. The molecule has 0 unspecified atom stereocenters. The van der Waals surface area contributed by atoms with Crippen molar-refractivity contribution in [3.05, 3.63) is 59.4 Å². The van der Waals surface area contributed by atoms with Crippen LogP contribution in [0.5, 0.6) is 0 Å². The van der Waals surface area contributed by atoms with E-state index in [0.29, 0.717) is 30.5 Å². The van der Waals surface area contributed by atoms with Crippen LogP contribution in [0.15, 0.2) is 47.4 Å². The summed E-state index contributed by atoms with van der Waals surface area (Å²) < 4.78 is 43.2. The monoisotopic (exact) mass is 423 g/mol. The predicted octanol–water partition coefficient (Wildman–Crippen LogP) is 4.58. The summed E-state index contributed by atoms with van der Waals surface area (Å²) in [6.45, 7) is 1.88. The summed E-state index contributed by atoms with van der Waals surface area (Å²) in [5, 5.41) is 19.1. The van der Waals surface area contributed by atoms with E-state index < -0.39 is 33.2 Å². The summed E-state index contributed by atoms with van der Waals surface area (Å²) in [5.74, 6) is -0.981. The second-order valence-corrected chi connectivity index (χ2v) is 9.98. The quantitative estimate of drug-likeness (QED) is 0.721. The maximum absolute atomic E-state index is 14.3. The van der Waals surface area contributed by atoms with E-state index in [0.717, 1.165) is 12.0 Å². The van der Waals surface area contributed by atoms with Crippen molar-refractivity contribution in [2.24, 2.45) is 5.92 Å². The summed E-state index contributed by atoms with van der Waals surface area (Å²) in [6.07, 6.45) is 2.53. The normalized spacial score (nSPS) is 25.1. The zero-order chi connectivity index (χ0) is 21.5. The van der Waals surface area contributed by atoms with Gasteiger partial charge in [-0.1, -0.05) is 24.1 Å². The molecule has 4 rings (SSSR count). The molecule has 5 nitrogen and oxygen atoms in total. The molecule has 1 fully saturated rings. The molecule has 2 aromatic rings. The number of nitriles is 2. The van der Waals surface area contributed by atoms with Gasteiger partial charge in [-0.25, -0.2) is 12.8 Å². The number of halogens is 1. The van der Waals surface area contributed by atoms with Crippen LogP contribution in [0.2, 0.25) is 0 Å². The predicted molar refractivity (Wildman–Crippen MR) is 111 cm³/mol. The van der Waals surface area contributed by atoms with E-state index in [9.17, 15) is 23.3 Å². The standard InChI is InChI=1S/C23H22FN3O2S/c1-16-5-8-19(9-6-16)30(28,29)27-21-10-7-18(24)14-20(21)23(12-3-13-25)11-2-4-17(15-26)22(23)27/h5-10,14,17,22H,2-4,11-12H2,1H3/t17-,22-,23+/m0/s1. The van der Waals surface area contributed by atoms with Gasteiger partial charge >= 0.3 is 0 Å². The van der Waals surface area contributed by atoms with E-state index >= 15 is 0 Å². The largest absolute Gasteiger partial charge is 0.264 e. The molecule has 3 atom stereocenters. The van der Waals surface area contributed by atoms with Gasteiger partial charge in [0.2, 0.25) is 0 Å². The van der Waals surface area contributed by atoms with Crippen molar-refractivity contribution in [1.82, 2.24) is 0 Å². The highest BCUT2D eigenvalue weighted by atomic mass is 32.2. The number of anilines is 1. The molecule has 0 N–H and O–H groups in total. The third-order valence-electron chi connectivity index (χ3n) is 6.50. The van der Waals surface area contributed by atoms with E-state index in [-0.39, 0.29) is 11.3 Å². The molecule has 0 bridgehead atoms. The summed E-state index contributed by atoms with van der Waals surface area (Å²) in [4.78, 5) is 0.140. The zero-order valence-electron chi connectivity index (χ0n) is 16.7. The third-order valence-corrected chi connectivity index (χ3v) is 8.31. The molecular weight excluding hydrogens is 401 g/mol. The van der Waals surface area contributed by atoms with Gasteiger partial charge in [0.1, 0.15) is 5.82 Å². The second kappa shape index (κ2) is 7.41. The Morgan fingerprint density at radius 2 is 1.93 bits per heavy atom. The van der Waals surface area contributed by atoms with Crippen LogP contribution < -0.4 is 4.31 Å². The van der Waals surface area contributed by atoms with Crippen LogP contribution >= 0.6 is 0 Å². The van der Waals surface area contributed by atoms with Gasteiger partial charge in [0, 0.05) is 11.8 Å². The molecule has 154 valence electrons. The Hall–Kier alpha value is -2.90. The van der Waals surface area contributed by atoms with Crippen molar-refractivity contribution < 1.29 is 12.8 Å². The van der Waals surface area contributed by atoms with Gasteiger partial charge in [-0.05, 0) is 62.1 Å². The van der Waals surface area contributed by atoms with E-state index in [1.807, 2.05) is 6.92 Å². The van der Waals surface area contributed by atoms with Gasteiger partial charge in [0.05, 0.1) is 34.7 Å². The molecule has 2 aromatic carbocycles. The Balaban J connectivity index is 1.97. The molecule has 0 saturated heterocycles. The number of benzene rings is 2. The maximum Gasteiger partial charge on any atom is 0.264 e. The number of hydrogen-bond acceptors (Lipinski definition) is 4. The fraction of sp³-hybridized carbons (Fsp3) is 0.391. The molecule has 2 aliphatic rings. The fourth-order valence-electron chi connectivity index (χ4n) is 5.18. The smallest absolute Gasteiger partial charge is 0.261 e. The maximum atomic E-state index is 14.3.